The van der Waals surface area contributed by atoms with E-state index in [0.29, 0.717) is 0 Å². The molecule has 0 unspecified atom stereocenters. The van der Waals surface area contributed by atoms with Crippen molar-refractivity contribution in [3.63, 3.8) is 0 Å². The third-order valence-corrected chi connectivity index (χ3v) is 0.542. The number of allylic oxidation sites excluding steroid dienone is 3. The number of hydrogen-bond acceptors (Lipinski definition) is 1. The molecule has 0 spiro atoms. The van der Waals surface area contributed by atoms with Crippen LogP contribution in [0, 0.1) is 0 Å². The van der Waals surface area contributed by atoms with Crippen molar-refractivity contribution in [1.29, 1.82) is 0 Å². The molecule has 0 saturated heterocycles. The zero-order valence-corrected chi connectivity index (χ0v) is 4.66. The number of hydrogen-bond donors (Lipinski definition) is 1. The summed E-state index contributed by atoms with van der Waals surface area (Å²) in [7, 11) is 0. The van der Waals surface area contributed by atoms with Crippen molar-refractivity contribution in [2.45, 2.75) is 6.92 Å². The summed E-state index contributed by atoms with van der Waals surface area (Å²) in [6.45, 7) is 1.83. The molecule has 0 atom stereocenters. The van der Waals surface area contributed by atoms with Crippen LogP contribution in [0.3, 0.4) is 0 Å². The van der Waals surface area contributed by atoms with E-state index in [0.717, 1.165) is 6.08 Å². The molecule has 52 valence electrons. The molecule has 3 heteroatoms. The summed E-state index contributed by atoms with van der Waals surface area (Å²) in [5.41, 5.74) is 0. The second kappa shape index (κ2) is 7.49. The Hall–Kier alpha value is -0.507. The Morgan fingerprint density at radius 3 is 2.33 bits per heavy atom. The first-order valence-electron chi connectivity index (χ1n) is 2.29. The average molecular weight is 189 g/mol. The first-order valence-corrected chi connectivity index (χ1v) is 2.29. The van der Waals surface area contributed by atoms with Crippen LogP contribution in [-0.2, 0) is 4.79 Å². The zero-order chi connectivity index (χ0) is 6.41. The Balaban J connectivity index is 0. The van der Waals surface area contributed by atoms with E-state index in [9.17, 15) is 4.79 Å². The molecule has 0 aliphatic heterocycles. The molecule has 0 aromatic rings. The van der Waals surface area contributed by atoms with Crippen molar-refractivity contribution in [2.75, 3.05) is 0 Å². The van der Waals surface area contributed by atoms with Crippen LogP contribution in [0.5, 0.6) is 0 Å². The minimum absolute atomic E-state index is 0. The summed E-state index contributed by atoms with van der Waals surface area (Å²) in [4.78, 5) is 9.75. The number of rotatable bonds is 2. The first-order chi connectivity index (χ1) is 3.77. The predicted molar refractivity (Wildman–Crippen MR) is 42.9 cm³/mol. The van der Waals surface area contributed by atoms with E-state index >= 15 is 0 Å². The van der Waals surface area contributed by atoms with Gasteiger partial charge in [-0.05, 0) is 6.92 Å². The summed E-state index contributed by atoms with van der Waals surface area (Å²) in [6.07, 6.45) is 5.98. The van der Waals surface area contributed by atoms with Gasteiger partial charge in [0.1, 0.15) is 0 Å². The Bertz CT molecular complexity index is 127. The molecule has 9 heavy (non-hydrogen) atoms. The van der Waals surface area contributed by atoms with E-state index in [2.05, 4.69) is 0 Å². The molecule has 0 radical (unpaired) electrons. The molecule has 0 aliphatic carbocycles. The molecule has 0 saturated carbocycles. The molecule has 0 amide bonds. The standard InChI is InChI=1S/C6H8O2.GeH4/c1-2-3-4-5-6(7)8;/h2-5H,1H3,(H,7,8);1H4. The van der Waals surface area contributed by atoms with E-state index in [1.54, 1.807) is 12.2 Å². The van der Waals surface area contributed by atoms with Crippen molar-refractivity contribution in [1.82, 2.24) is 0 Å². The van der Waals surface area contributed by atoms with Crippen LogP contribution < -0.4 is 0 Å². The Morgan fingerprint density at radius 1 is 1.44 bits per heavy atom. The fourth-order valence-corrected chi connectivity index (χ4v) is 0.249. The van der Waals surface area contributed by atoms with E-state index < -0.39 is 5.97 Å². The van der Waals surface area contributed by atoms with Gasteiger partial charge in [-0.1, -0.05) is 18.2 Å². The fraction of sp³-hybridized carbons (Fsp3) is 0.167. The maximum atomic E-state index is 9.75. The molecule has 0 bridgehead atoms. The monoisotopic (exact) mass is 190 g/mol. The van der Waals surface area contributed by atoms with Crippen LogP contribution in [0.1, 0.15) is 6.92 Å². The van der Waals surface area contributed by atoms with Gasteiger partial charge in [0.25, 0.3) is 0 Å². The second-order valence-corrected chi connectivity index (χ2v) is 1.22. The quantitative estimate of drug-likeness (QED) is 0.369. The van der Waals surface area contributed by atoms with Gasteiger partial charge in [0.15, 0.2) is 0 Å². The van der Waals surface area contributed by atoms with Gasteiger partial charge in [-0.15, -0.1) is 0 Å². The molecule has 2 nitrogen and oxygen atoms in total. The third-order valence-electron chi connectivity index (χ3n) is 0.542. The zero-order valence-electron chi connectivity index (χ0n) is 4.66. The number of carboxylic acid groups (broad SMARTS) is 1. The molecular weight excluding hydrogens is 177 g/mol. The van der Waals surface area contributed by atoms with Gasteiger partial charge in [0.05, 0.1) is 0 Å². The summed E-state index contributed by atoms with van der Waals surface area (Å²) < 4.78 is 0. The van der Waals surface area contributed by atoms with Crippen LogP contribution in [0.2, 0.25) is 0 Å². The second-order valence-electron chi connectivity index (χ2n) is 1.22. The number of carbonyl (C=O) groups is 1. The van der Waals surface area contributed by atoms with Gasteiger partial charge in [-0.3, -0.25) is 0 Å². The topological polar surface area (TPSA) is 37.3 Å². The van der Waals surface area contributed by atoms with E-state index in [-0.39, 0.29) is 17.6 Å². The molecular formula is C6H12GeO2. The van der Waals surface area contributed by atoms with Gasteiger partial charge >= 0.3 is 23.6 Å². The van der Waals surface area contributed by atoms with Crippen molar-refractivity contribution < 1.29 is 9.90 Å². The molecule has 0 fully saturated rings. The molecule has 0 aromatic heterocycles. The molecule has 0 heterocycles. The molecule has 0 rings (SSSR count). The Kier molecular flexibility index (Phi) is 9.42. The average Bonchev–Trinajstić information content (AvgIpc) is 1.66. The van der Waals surface area contributed by atoms with Crippen LogP contribution in [0.15, 0.2) is 24.3 Å². The van der Waals surface area contributed by atoms with Crippen LogP contribution in [0.4, 0.5) is 0 Å². The normalized spacial score (nSPS) is 9.89. The number of aliphatic carboxylic acids is 1. The van der Waals surface area contributed by atoms with Gasteiger partial charge in [0, 0.05) is 6.08 Å². The van der Waals surface area contributed by atoms with E-state index in [1.807, 2.05) is 6.92 Å². The fourth-order valence-electron chi connectivity index (χ4n) is 0.249. The van der Waals surface area contributed by atoms with Gasteiger partial charge in [0.2, 0.25) is 0 Å². The van der Waals surface area contributed by atoms with Gasteiger partial charge < -0.3 is 5.11 Å². The van der Waals surface area contributed by atoms with Crippen molar-refractivity contribution in [2.24, 2.45) is 0 Å². The predicted octanol–water partition coefficient (Wildman–Crippen LogP) is -0.248. The van der Waals surface area contributed by atoms with Gasteiger partial charge in [-0.2, -0.15) is 0 Å². The van der Waals surface area contributed by atoms with Crippen molar-refractivity contribution in [3.8, 4) is 0 Å². The van der Waals surface area contributed by atoms with E-state index in [4.69, 9.17) is 5.11 Å². The summed E-state index contributed by atoms with van der Waals surface area (Å²) >= 11 is 0. The first kappa shape index (κ1) is 11.3. The number of carboxylic acids is 1. The molecule has 1 N–H and O–H groups in total. The van der Waals surface area contributed by atoms with Crippen LogP contribution >= 0.6 is 0 Å². The van der Waals surface area contributed by atoms with Crippen molar-refractivity contribution >= 4 is 23.6 Å². The van der Waals surface area contributed by atoms with Crippen LogP contribution in [0.25, 0.3) is 0 Å². The minimum atomic E-state index is -0.914. The molecule has 0 aliphatic rings. The Labute approximate surface area is 65.2 Å². The maximum absolute atomic E-state index is 9.75. The van der Waals surface area contributed by atoms with Gasteiger partial charge in [-0.25, -0.2) is 4.79 Å². The summed E-state index contributed by atoms with van der Waals surface area (Å²) in [5, 5.41) is 8.02. The van der Waals surface area contributed by atoms with E-state index in [1.165, 1.54) is 6.08 Å². The van der Waals surface area contributed by atoms with Crippen molar-refractivity contribution in [3.05, 3.63) is 24.3 Å². The third kappa shape index (κ3) is 11.2. The van der Waals surface area contributed by atoms with Crippen LogP contribution in [-0.4, -0.2) is 28.7 Å². The SMILES string of the molecule is CC=CC=CC(=O)O.[GeH4]. The molecule has 0 aromatic carbocycles. The summed E-state index contributed by atoms with van der Waals surface area (Å²) in [6, 6.07) is 0. The summed E-state index contributed by atoms with van der Waals surface area (Å²) in [5.74, 6) is -0.914. The Morgan fingerprint density at radius 2 is 2.00 bits per heavy atom.